The highest BCUT2D eigenvalue weighted by molar-refractivity contribution is 5.93. The first-order valence-corrected chi connectivity index (χ1v) is 5.68. The van der Waals surface area contributed by atoms with Crippen LogP contribution in [0.25, 0.3) is 0 Å². The second-order valence-corrected chi connectivity index (χ2v) is 4.80. The summed E-state index contributed by atoms with van der Waals surface area (Å²) in [7, 11) is 0. The first-order chi connectivity index (χ1) is 7.79. The van der Waals surface area contributed by atoms with Crippen LogP contribution in [-0.2, 0) is 4.74 Å². The zero-order valence-electron chi connectivity index (χ0n) is 9.15. The van der Waals surface area contributed by atoms with Crippen LogP contribution in [0.2, 0.25) is 0 Å². The number of carbonyl (C=O) groups is 1. The molecule has 1 amide bonds. The van der Waals surface area contributed by atoms with Crippen molar-refractivity contribution in [1.29, 1.82) is 0 Å². The van der Waals surface area contributed by atoms with Crippen LogP contribution in [-0.4, -0.2) is 37.1 Å². The second kappa shape index (κ2) is 3.63. The average molecular weight is 221 g/mol. The standard InChI is InChI=1S/C12H15NO3/c14-11(10-1-6-15-7-10)13-4-2-12(3-5-13)8-16-9-12/h1,6-7H,2-5,8-9H2. The number of amides is 1. The molecule has 4 heteroatoms. The van der Waals surface area contributed by atoms with Gasteiger partial charge in [0.2, 0.25) is 0 Å². The van der Waals surface area contributed by atoms with E-state index in [-0.39, 0.29) is 5.91 Å². The maximum Gasteiger partial charge on any atom is 0.257 e. The number of ether oxygens (including phenoxy) is 1. The van der Waals surface area contributed by atoms with Crippen molar-refractivity contribution in [2.45, 2.75) is 12.8 Å². The number of piperidine rings is 1. The SMILES string of the molecule is O=C(c1ccoc1)N1CCC2(CC1)COC2. The van der Waals surface area contributed by atoms with E-state index in [9.17, 15) is 4.79 Å². The highest BCUT2D eigenvalue weighted by Gasteiger charge is 2.42. The summed E-state index contributed by atoms with van der Waals surface area (Å²) in [6.07, 6.45) is 5.19. The van der Waals surface area contributed by atoms with Crippen LogP contribution in [0.15, 0.2) is 23.0 Å². The van der Waals surface area contributed by atoms with Gasteiger partial charge in [-0.05, 0) is 18.9 Å². The van der Waals surface area contributed by atoms with Gasteiger partial charge in [-0.2, -0.15) is 0 Å². The van der Waals surface area contributed by atoms with Crippen LogP contribution < -0.4 is 0 Å². The lowest BCUT2D eigenvalue weighted by Crippen LogP contribution is -2.52. The van der Waals surface area contributed by atoms with E-state index in [0.29, 0.717) is 11.0 Å². The number of rotatable bonds is 1. The molecule has 0 bridgehead atoms. The molecule has 1 aromatic heterocycles. The van der Waals surface area contributed by atoms with Crippen LogP contribution >= 0.6 is 0 Å². The molecule has 0 radical (unpaired) electrons. The van der Waals surface area contributed by atoms with Crippen LogP contribution in [0, 0.1) is 5.41 Å². The van der Waals surface area contributed by atoms with Gasteiger partial charge in [0.1, 0.15) is 6.26 Å². The Balaban J connectivity index is 1.63. The van der Waals surface area contributed by atoms with Gasteiger partial charge in [-0.25, -0.2) is 0 Å². The summed E-state index contributed by atoms with van der Waals surface area (Å²) in [5.41, 5.74) is 1.04. The van der Waals surface area contributed by atoms with Crippen LogP contribution in [0.5, 0.6) is 0 Å². The van der Waals surface area contributed by atoms with Crippen molar-refractivity contribution in [3.8, 4) is 0 Å². The second-order valence-electron chi connectivity index (χ2n) is 4.80. The summed E-state index contributed by atoms with van der Waals surface area (Å²) in [6, 6.07) is 1.72. The zero-order valence-corrected chi connectivity index (χ0v) is 9.15. The summed E-state index contributed by atoms with van der Waals surface area (Å²) in [4.78, 5) is 13.9. The number of hydrogen-bond acceptors (Lipinski definition) is 3. The van der Waals surface area contributed by atoms with E-state index >= 15 is 0 Å². The molecule has 4 nitrogen and oxygen atoms in total. The monoisotopic (exact) mass is 221 g/mol. The summed E-state index contributed by atoms with van der Waals surface area (Å²) in [5, 5.41) is 0. The molecule has 16 heavy (non-hydrogen) atoms. The predicted molar refractivity (Wildman–Crippen MR) is 57.1 cm³/mol. The maximum atomic E-state index is 12.0. The number of hydrogen-bond donors (Lipinski definition) is 0. The fraction of sp³-hybridized carbons (Fsp3) is 0.583. The van der Waals surface area contributed by atoms with Gasteiger partial charge in [-0.3, -0.25) is 4.79 Å². The molecule has 1 aromatic rings. The third-order valence-electron chi connectivity index (χ3n) is 3.70. The van der Waals surface area contributed by atoms with E-state index in [1.807, 2.05) is 4.90 Å². The Morgan fingerprint density at radius 1 is 1.31 bits per heavy atom. The van der Waals surface area contributed by atoms with Crippen molar-refractivity contribution >= 4 is 5.91 Å². The number of furan rings is 1. The van der Waals surface area contributed by atoms with E-state index < -0.39 is 0 Å². The van der Waals surface area contributed by atoms with Crippen molar-refractivity contribution in [3.05, 3.63) is 24.2 Å². The summed E-state index contributed by atoms with van der Waals surface area (Å²) in [6.45, 7) is 3.43. The van der Waals surface area contributed by atoms with E-state index in [1.165, 1.54) is 6.26 Å². The van der Waals surface area contributed by atoms with E-state index in [1.54, 1.807) is 12.3 Å². The molecule has 2 fully saturated rings. The smallest absolute Gasteiger partial charge is 0.257 e. The Morgan fingerprint density at radius 3 is 2.56 bits per heavy atom. The first-order valence-electron chi connectivity index (χ1n) is 5.68. The summed E-state index contributed by atoms with van der Waals surface area (Å²) in [5.74, 6) is 0.0869. The van der Waals surface area contributed by atoms with Gasteiger partial charge in [0, 0.05) is 18.5 Å². The zero-order chi connectivity index (χ0) is 11.0. The normalized spacial score (nSPS) is 23.1. The molecular formula is C12H15NO3. The highest BCUT2D eigenvalue weighted by atomic mass is 16.5. The molecule has 1 spiro atoms. The molecule has 0 N–H and O–H groups in total. The molecule has 0 saturated carbocycles. The van der Waals surface area contributed by atoms with Crippen molar-refractivity contribution in [2.75, 3.05) is 26.3 Å². The Morgan fingerprint density at radius 2 is 2.06 bits per heavy atom. The van der Waals surface area contributed by atoms with E-state index in [2.05, 4.69) is 0 Å². The number of nitrogens with zero attached hydrogens (tertiary/aromatic N) is 1. The van der Waals surface area contributed by atoms with Gasteiger partial charge in [-0.15, -0.1) is 0 Å². The van der Waals surface area contributed by atoms with Gasteiger partial charge < -0.3 is 14.1 Å². The molecule has 0 aliphatic carbocycles. The average Bonchev–Trinajstić information content (AvgIpc) is 2.80. The van der Waals surface area contributed by atoms with E-state index in [4.69, 9.17) is 9.15 Å². The molecular weight excluding hydrogens is 206 g/mol. The summed E-state index contributed by atoms with van der Waals surface area (Å²) >= 11 is 0. The Labute approximate surface area is 94.2 Å². The van der Waals surface area contributed by atoms with Gasteiger partial charge >= 0.3 is 0 Å². The Bertz CT molecular complexity index is 371. The van der Waals surface area contributed by atoms with Gasteiger partial charge in [-0.1, -0.05) is 0 Å². The van der Waals surface area contributed by atoms with Crippen molar-refractivity contribution in [2.24, 2.45) is 5.41 Å². The minimum atomic E-state index is 0.0869. The molecule has 2 saturated heterocycles. The van der Waals surface area contributed by atoms with Crippen molar-refractivity contribution in [1.82, 2.24) is 4.90 Å². The van der Waals surface area contributed by atoms with Crippen molar-refractivity contribution in [3.63, 3.8) is 0 Å². The van der Waals surface area contributed by atoms with Gasteiger partial charge in [0.15, 0.2) is 0 Å². The maximum absolute atomic E-state index is 12.0. The summed E-state index contributed by atoms with van der Waals surface area (Å²) < 4.78 is 10.2. The third-order valence-corrected chi connectivity index (χ3v) is 3.70. The Kier molecular flexibility index (Phi) is 2.24. The Hall–Kier alpha value is -1.29. The van der Waals surface area contributed by atoms with Crippen LogP contribution in [0.1, 0.15) is 23.2 Å². The first kappa shape index (κ1) is 9.90. The molecule has 0 atom stereocenters. The highest BCUT2D eigenvalue weighted by Crippen LogP contribution is 2.38. The molecule has 86 valence electrons. The fourth-order valence-electron chi connectivity index (χ4n) is 2.43. The lowest BCUT2D eigenvalue weighted by atomic mass is 9.77. The van der Waals surface area contributed by atoms with Crippen LogP contribution in [0.4, 0.5) is 0 Å². The van der Waals surface area contributed by atoms with Crippen LogP contribution in [0.3, 0.4) is 0 Å². The van der Waals surface area contributed by atoms with E-state index in [0.717, 1.165) is 39.1 Å². The quantitative estimate of drug-likeness (QED) is 0.722. The van der Waals surface area contributed by atoms with Crippen molar-refractivity contribution < 1.29 is 13.9 Å². The minimum Gasteiger partial charge on any atom is -0.472 e. The number of likely N-dealkylation sites (tertiary alicyclic amines) is 1. The minimum absolute atomic E-state index is 0.0869. The predicted octanol–water partition coefficient (Wildman–Crippen LogP) is 1.53. The lowest BCUT2D eigenvalue weighted by Gasteiger charge is -2.47. The lowest BCUT2D eigenvalue weighted by molar-refractivity contribution is -0.136. The molecule has 3 heterocycles. The molecule has 2 aliphatic heterocycles. The largest absolute Gasteiger partial charge is 0.472 e. The van der Waals surface area contributed by atoms with Gasteiger partial charge in [0.25, 0.3) is 5.91 Å². The third kappa shape index (κ3) is 1.53. The molecule has 0 unspecified atom stereocenters. The molecule has 2 aliphatic rings. The fourth-order valence-corrected chi connectivity index (χ4v) is 2.43. The van der Waals surface area contributed by atoms with Gasteiger partial charge in [0.05, 0.1) is 25.0 Å². The molecule has 3 rings (SSSR count). The number of carbonyl (C=O) groups excluding carboxylic acids is 1. The topological polar surface area (TPSA) is 42.7 Å². The molecule has 0 aromatic carbocycles.